The number of rotatable bonds is 2. The molecule has 1 aromatic rings. The molecule has 8 heteroatoms. The Kier molecular flexibility index (Phi) is 3.18. The second-order valence-corrected chi connectivity index (χ2v) is 5.17. The van der Waals surface area contributed by atoms with Crippen molar-refractivity contribution in [2.24, 2.45) is 5.14 Å². The number of hydrogen-bond donors (Lipinski definition) is 2. The molecule has 1 aliphatic heterocycles. The van der Waals surface area contributed by atoms with Gasteiger partial charge in [0, 0.05) is 26.2 Å². The van der Waals surface area contributed by atoms with E-state index in [0.717, 1.165) is 6.26 Å². The van der Waals surface area contributed by atoms with Crippen molar-refractivity contribution in [2.75, 3.05) is 26.2 Å². The van der Waals surface area contributed by atoms with E-state index in [-0.39, 0.29) is 11.5 Å². The minimum atomic E-state index is -4.00. The first kappa shape index (κ1) is 12.1. The van der Waals surface area contributed by atoms with Gasteiger partial charge in [-0.15, -0.1) is 0 Å². The quantitative estimate of drug-likeness (QED) is 0.706. The van der Waals surface area contributed by atoms with Crippen molar-refractivity contribution in [2.45, 2.75) is 5.09 Å². The predicted molar refractivity (Wildman–Crippen MR) is 58.9 cm³/mol. The molecule has 0 aromatic carbocycles. The number of nitrogens with one attached hydrogen (secondary N) is 1. The van der Waals surface area contributed by atoms with E-state index in [2.05, 4.69) is 5.32 Å². The maximum Gasteiger partial charge on any atom is 0.272 e. The summed E-state index contributed by atoms with van der Waals surface area (Å²) in [4.78, 5) is 13.6. The molecule has 0 unspecified atom stereocenters. The molecule has 1 saturated heterocycles. The number of furan rings is 1. The van der Waals surface area contributed by atoms with Crippen molar-refractivity contribution in [3.63, 3.8) is 0 Å². The maximum absolute atomic E-state index is 12.0. The highest BCUT2D eigenvalue weighted by atomic mass is 32.2. The van der Waals surface area contributed by atoms with Crippen LogP contribution in [0.25, 0.3) is 0 Å². The summed E-state index contributed by atoms with van der Waals surface area (Å²) >= 11 is 0. The van der Waals surface area contributed by atoms with Gasteiger partial charge in [-0.1, -0.05) is 0 Å². The number of nitrogens with two attached hydrogens (primary N) is 1. The van der Waals surface area contributed by atoms with Crippen molar-refractivity contribution >= 4 is 15.9 Å². The molecule has 0 spiro atoms. The number of hydrogen-bond acceptors (Lipinski definition) is 5. The Morgan fingerprint density at radius 2 is 2.06 bits per heavy atom. The third-order valence-electron chi connectivity index (χ3n) is 2.52. The Balaban J connectivity index is 2.28. The van der Waals surface area contributed by atoms with Crippen LogP contribution in [0.3, 0.4) is 0 Å². The van der Waals surface area contributed by atoms with Crippen molar-refractivity contribution in [3.05, 3.63) is 17.9 Å². The largest absolute Gasteiger partial charge is 0.451 e. The second kappa shape index (κ2) is 4.47. The van der Waals surface area contributed by atoms with E-state index < -0.39 is 15.1 Å². The highest BCUT2D eigenvalue weighted by molar-refractivity contribution is 7.89. The second-order valence-electron chi connectivity index (χ2n) is 3.71. The molecule has 0 radical (unpaired) electrons. The first-order valence-electron chi connectivity index (χ1n) is 5.10. The SMILES string of the molecule is NS(=O)(=O)c1occc1C(=O)N1CCNCC1. The van der Waals surface area contributed by atoms with Gasteiger partial charge in [-0.25, -0.2) is 13.6 Å². The smallest absolute Gasteiger partial charge is 0.272 e. The number of primary sulfonamides is 1. The Bertz CT molecular complexity index is 516. The Morgan fingerprint density at radius 1 is 1.41 bits per heavy atom. The average Bonchev–Trinajstić information content (AvgIpc) is 2.78. The molecule has 0 saturated carbocycles. The number of piperazine rings is 1. The van der Waals surface area contributed by atoms with E-state index in [1.54, 1.807) is 4.90 Å². The number of carbonyl (C=O) groups excluding carboxylic acids is 1. The lowest BCUT2D eigenvalue weighted by Gasteiger charge is -2.27. The average molecular weight is 259 g/mol. The summed E-state index contributed by atoms with van der Waals surface area (Å²) < 4.78 is 27.2. The summed E-state index contributed by atoms with van der Waals surface area (Å²) in [7, 11) is -4.00. The summed E-state index contributed by atoms with van der Waals surface area (Å²) in [5.74, 6) is -0.371. The number of amides is 1. The minimum absolute atomic E-state index is 0.00519. The lowest BCUT2D eigenvalue weighted by Crippen LogP contribution is -2.46. The van der Waals surface area contributed by atoms with Gasteiger partial charge in [0.05, 0.1) is 11.8 Å². The fourth-order valence-electron chi connectivity index (χ4n) is 1.71. The van der Waals surface area contributed by atoms with Crippen LogP contribution in [-0.4, -0.2) is 45.4 Å². The van der Waals surface area contributed by atoms with E-state index in [4.69, 9.17) is 9.56 Å². The molecule has 0 atom stereocenters. The number of sulfonamides is 1. The van der Waals surface area contributed by atoms with Crippen molar-refractivity contribution in [1.82, 2.24) is 10.2 Å². The lowest BCUT2D eigenvalue weighted by atomic mass is 10.2. The summed E-state index contributed by atoms with van der Waals surface area (Å²) in [5.41, 5.74) is -0.00519. The minimum Gasteiger partial charge on any atom is -0.451 e. The Morgan fingerprint density at radius 3 is 2.65 bits per heavy atom. The van der Waals surface area contributed by atoms with Crippen LogP contribution in [0.4, 0.5) is 0 Å². The summed E-state index contributed by atoms with van der Waals surface area (Å²) in [5, 5.41) is 7.59. The maximum atomic E-state index is 12.0. The number of carbonyl (C=O) groups is 1. The monoisotopic (exact) mass is 259 g/mol. The molecular weight excluding hydrogens is 246 g/mol. The molecule has 1 amide bonds. The molecule has 0 bridgehead atoms. The van der Waals surface area contributed by atoms with Gasteiger partial charge in [-0.05, 0) is 6.07 Å². The molecule has 3 N–H and O–H groups in total. The van der Waals surface area contributed by atoms with Crippen molar-refractivity contribution in [1.29, 1.82) is 0 Å². The summed E-state index contributed by atoms with van der Waals surface area (Å²) in [6.07, 6.45) is 1.15. The highest BCUT2D eigenvalue weighted by Crippen LogP contribution is 2.17. The van der Waals surface area contributed by atoms with Gasteiger partial charge in [-0.3, -0.25) is 4.79 Å². The molecule has 1 aromatic heterocycles. The van der Waals surface area contributed by atoms with Crippen LogP contribution in [0.1, 0.15) is 10.4 Å². The molecule has 7 nitrogen and oxygen atoms in total. The third-order valence-corrected chi connectivity index (χ3v) is 3.36. The van der Waals surface area contributed by atoms with Gasteiger partial charge >= 0.3 is 0 Å². The van der Waals surface area contributed by atoms with Gasteiger partial charge in [0.25, 0.3) is 15.9 Å². The van der Waals surface area contributed by atoms with Crippen molar-refractivity contribution in [3.8, 4) is 0 Å². The van der Waals surface area contributed by atoms with Crippen LogP contribution in [0.5, 0.6) is 0 Å². The molecule has 94 valence electrons. The first-order chi connectivity index (χ1) is 8.00. The normalized spacial score (nSPS) is 17.1. The zero-order valence-corrected chi connectivity index (χ0v) is 9.87. The van der Waals surface area contributed by atoms with Crippen LogP contribution < -0.4 is 10.5 Å². The van der Waals surface area contributed by atoms with E-state index >= 15 is 0 Å². The molecule has 2 rings (SSSR count). The Labute approximate surface area is 98.6 Å². The van der Waals surface area contributed by atoms with Gasteiger partial charge in [0.2, 0.25) is 5.09 Å². The fraction of sp³-hybridized carbons (Fsp3) is 0.444. The van der Waals surface area contributed by atoms with Crippen LogP contribution in [0.15, 0.2) is 21.8 Å². The fourth-order valence-corrected chi connectivity index (χ4v) is 2.36. The third kappa shape index (κ3) is 2.48. The summed E-state index contributed by atoms with van der Waals surface area (Å²) in [6.45, 7) is 2.45. The zero-order chi connectivity index (χ0) is 12.5. The lowest BCUT2D eigenvalue weighted by molar-refractivity contribution is 0.0729. The van der Waals surface area contributed by atoms with Crippen LogP contribution in [0.2, 0.25) is 0 Å². The molecule has 2 heterocycles. The molecular formula is C9H13N3O4S. The van der Waals surface area contributed by atoms with E-state index in [9.17, 15) is 13.2 Å². The van der Waals surface area contributed by atoms with E-state index in [1.165, 1.54) is 6.07 Å². The molecule has 17 heavy (non-hydrogen) atoms. The predicted octanol–water partition coefficient (Wildman–Crippen LogP) is -1.03. The highest BCUT2D eigenvalue weighted by Gasteiger charge is 2.27. The molecule has 1 fully saturated rings. The van der Waals surface area contributed by atoms with Crippen LogP contribution in [-0.2, 0) is 10.0 Å². The zero-order valence-electron chi connectivity index (χ0n) is 9.05. The van der Waals surface area contributed by atoms with Gasteiger partial charge in [-0.2, -0.15) is 0 Å². The van der Waals surface area contributed by atoms with Gasteiger partial charge in [0.1, 0.15) is 0 Å². The Hall–Kier alpha value is -1.38. The van der Waals surface area contributed by atoms with E-state index in [1.807, 2.05) is 0 Å². The topological polar surface area (TPSA) is 106 Å². The van der Waals surface area contributed by atoms with Crippen molar-refractivity contribution < 1.29 is 17.6 Å². The standard InChI is InChI=1S/C9H13N3O4S/c10-17(14,15)9-7(1-6-16-9)8(13)12-4-2-11-3-5-12/h1,6,11H,2-5H2,(H2,10,14,15). The molecule has 0 aliphatic carbocycles. The van der Waals surface area contributed by atoms with Gasteiger partial charge < -0.3 is 14.6 Å². The van der Waals surface area contributed by atoms with Gasteiger partial charge in [0.15, 0.2) is 0 Å². The van der Waals surface area contributed by atoms with E-state index in [0.29, 0.717) is 26.2 Å². The summed E-state index contributed by atoms with van der Waals surface area (Å²) in [6, 6.07) is 1.32. The first-order valence-corrected chi connectivity index (χ1v) is 6.65. The van der Waals surface area contributed by atoms with Crippen LogP contribution >= 0.6 is 0 Å². The van der Waals surface area contributed by atoms with Crippen LogP contribution in [0, 0.1) is 0 Å². The molecule has 1 aliphatic rings. The number of nitrogens with zero attached hydrogens (tertiary/aromatic N) is 1.